The number of nitrogens with two attached hydrogens (primary N) is 1. The molecule has 0 spiro atoms. The zero-order valence-electron chi connectivity index (χ0n) is 13.9. The largest absolute Gasteiger partial charge is 0.368 e. The van der Waals surface area contributed by atoms with Gasteiger partial charge in [0.2, 0.25) is 11.9 Å². The average Bonchev–Trinajstić information content (AvgIpc) is 3.02. The van der Waals surface area contributed by atoms with Gasteiger partial charge < -0.3 is 20.5 Å². The molecule has 0 radical (unpaired) electrons. The van der Waals surface area contributed by atoms with E-state index in [0.717, 1.165) is 17.6 Å². The summed E-state index contributed by atoms with van der Waals surface area (Å²) in [6, 6.07) is 3.96. The van der Waals surface area contributed by atoms with Gasteiger partial charge in [-0.25, -0.2) is 0 Å². The molecule has 2 aromatic rings. The van der Waals surface area contributed by atoms with Crippen molar-refractivity contribution < 1.29 is 4.79 Å². The van der Waals surface area contributed by atoms with Crippen LogP contribution in [0.2, 0.25) is 0 Å². The van der Waals surface area contributed by atoms with Crippen LogP contribution in [-0.4, -0.2) is 51.9 Å². The minimum Gasteiger partial charge on any atom is -0.368 e. The molecule has 3 rings (SSSR count). The summed E-state index contributed by atoms with van der Waals surface area (Å²) in [5, 5.41) is 9.66. The number of hydrogen-bond donors (Lipinski definition) is 2. The standard InChI is InChI=1S/C16H21N7O/c1-10-5-8-23(13(24)3-6-17)9-12(10)22(2)15-11-4-7-19-14(11)20-16(18)21-15/h4,7,10,12H,3,5,8-9H2,1-2H3,(H3,18,19,20,21). The summed E-state index contributed by atoms with van der Waals surface area (Å²) in [6.45, 7) is 3.44. The summed E-state index contributed by atoms with van der Waals surface area (Å²) in [7, 11) is 1.97. The van der Waals surface area contributed by atoms with Crippen molar-refractivity contribution in [1.82, 2.24) is 19.9 Å². The number of H-pyrrole nitrogens is 1. The van der Waals surface area contributed by atoms with Gasteiger partial charge in [0, 0.05) is 26.3 Å². The number of rotatable bonds is 3. The molecule has 3 N–H and O–H groups in total. The Morgan fingerprint density at radius 1 is 1.58 bits per heavy atom. The molecule has 0 saturated carbocycles. The Balaban J connectivity index is 1.89. The molecule has 1 aliphatic heterocycles. The topological polar surface area (TPSA) is 115 Å². The molecule has 126 valence electrons. The molecule has 2 atom stereocenters. The Morgan fingerprint density at radius 3 is 3.12 bits per heavy atom. The van der Waals surface area contributed by atoms with Crippen LogP contribution >= 0.6 is 0 Å². The van der Waals surface area contributed by atoms with E-state index in [0.29, 0.717) is 24.7 Å². The summed E-state index contributed by atoms with van der Waals surface area (Å²) in [6.07, 6.45) is 2.62. The van der Waals surface area contributed by atoms with Gasteiger partial charge in [-0.15, -0.1) is 0 Å². The predicted octanol–water partition coefficient (Wildman–Crippen LogP) is 1.13. The fourth-order valence-electron chi connectivity index (χ4n) is 3.33. The minimum absolute atomic E-state index is 0.0761. The first-order valence-electron chi connectivity index (χ1n) is 7.99. The van der Waals surface area contributed by atoms with E-state index in [2.05, 4.69) is 26.8 Å². The Bertz CT molecular complexity index is 793. The molecule has 8 heteroatoms. The Labute approximate surface area is 140 Å². The summed E-state index contributed by atoms with van der Waals surface area (Å²) in [5.41, 5.74) is 6.53. The van der Waals surface area contributed by atoms with Crippen LogP contribution in [0.1, 0.15) is 19.8 Å². The number of nitrogens with zero attached hydrogens (tertiary/aromatic N) is 5. The van der Waals surface area contributed by atoms with Crippen LogP contribution in [0.5, 0.6) is 0 Å². The second-order valence-electron chi connectivity index (χ2n) is 6.26. The first-order valence-corrected chi connectivity index (χ1v) is 7.99. The molecule has 0 aromatic carbocycles. The molecule has 2 unspecified atom stereocenters. The summed E-state index contributed by atoms with van der Waals surface area (Å²) < 4.78 is 0. The molecule has 8 nitrogen and oxygen atoms in total. The molecule has 1 aliphatic rings. The lowest BCUT2D eigenvalue weighted by Crippen LogP contribution is -2.52. The number of likely N-dealkylation sites (N-methyl/N-ethyl adjacent to an activating group) is 1. The van der Waals surface area contributed by atoms with Crippen LogP contribution in [0, 0.1) is 17.2 Å². The van der Waals surface area contributed by atoms with Crippen LogP contribution in [-0.2, 0) is 4.79 Å². The maximum Gasteiger partial charge on any atom is 0.236 e. The number of aromatic nitrogens is 3. The molecule has 3 heterocycles. The number of fused-ring (bicyclic) bond motifs is 1. The van der Waals surface area contributed by atoms with E-state index in [1.54, 1.807) is 4.90 Å². The second kappa shape index (κ2) is 6.35. The van der Waals surface area contributed by atoms with Gasteiger partial charge in [0.1, 0.15) is 17.9 Å². The number of anilines is 2. The molecule has 1 fully saturated rings. The zero-order chi connectivity index (χ0) is 17.3. The van der Waals surface area contributed by atoms with Gasteiger partial charge in [0.25, 0.3) is 0 Å². The highest BCUT2D eigenvalue weighted by Gasteiger charge is 2.32. The Hall–Kier alpha value is -2.82. The molecule has 0 bridgehead atoms. The third-order valence-corrected chi connectivity index (χ3v) is 4.75. The van der Waals surface area contributed by atoms with Crippen molar-refractivity contribution in [3.8, 4) is 6.07 Å². The van der Waals surface area contributed by atoms with Gasteiger partial charge in [0.15, 0.2) is 0 Å². The third-order valence-electron chi connectivity index (χ3n) is 4.75. The van der Waals surface area contributed by atoms with Crippen LogP contribution in [0.15, 0.2) is 12.3 Å². The van der Waals surface area contributed by atoms with Crippen LogP contribution < -0.4 is 10.6 Å². The predicted molar refractivity (Wildman–Crippen MR) is 91.1 cm³/mol. The number of nitriles is 1. The summed E-state index contributed by atoms with van der Waals surface area (Å²) in [5.74, 6) is 1.25. The van der Waals surface area contributed by atoms with Crippen molar-refractivity contribution in [3.63, 3.8) is 0 Å². The van der Waals surface area contributed by atoms with Crippen molar-refractivity contribution in [2.75, 3.05) is 30.8 Å². The molecule has 0 aliphatic carbocycles. The highest BCUT2D eigenvalue weighted by molar-refractivity contribution is 5.88. The molecule has 2 aromatic heterocycles. The Kier molecular flexibility index (Phi) is 4.25. The minimum atomic E-state index is -0.114. The number of carbonyl (C=O) groups excluding carboxylic acids is 1. The van der Waals surface area contributed by atoms with Crippen LogP contribution in [0.25, 0.3) is 11.0 Å². The smallest absolute Gasteiger partial charge is 0.236 e. The quantitative estimate of drug-likeness (QED) is 0.873. The monoisotopic (exact) mass is 327 g/mol. The van der Waals surface area contributed by atoms with Gasteiger partial charge >= 0.3 is 0 Å². The molecule has 24 heavy (non-hydrogen) atoms. The maximum atomic E-state index is 12.1. The van der Waals surface area contributed by atoms with E-state index >= 15 is 0 Å². The first-order chi connectivity index (χ1) is 11.5. The van der Waals surface area contributed by atoms with Crippen molar-refractivity contribution >= 4 is 28.7 Å². The van der Waals surface area contributed by atoms with Crippen LogP contribution in [0.4, 0.5) is 11.8 Å². The van der Waals surface area contributed by atoms with E-state index < -0.39 is 0 Å². The highest BCUT2D eigenvalue weighted by atomic mass is 16.2. The van der Waals surface area contributed by atoms with Crippen molar-refractivity contribution in [1.29, 1.82) is 5.26 Å². The first kappa shape index (κ1) is 16.1. The fraction of sp³-hybridized carbons (Fsp3) is 0.500. The van der Waals surface area contributed by atoms with Gasteiger partial charge in [-0.2, -0.15) is 15.2 Å². The maximum absolute atomic E-state index is 12.1. The highest BCUT2D eigenvalue weighted by Crippen LogP contribution is 2.29. The normalized spacial score (nSPS) is 20.8. The van der Waals surface area contributed by atoms with E-state index in [1.807, 2.05) is 25.4 Å². The van der Waals surface area contributed by atoms with Crippen molar-refractivity contribution in [2.24, 2.45) is 5.92 Å². The number of carbonyl (C=O) groups is 1. The lowest BCUT2D eigenvalue weighted by atomic mass is 9.92. The van der Waals surface area contributed by atoms with Gasteiger partial charge in [0.05, 0.1) is 17.5 Å². The van der Waals surface area contributed by atoms with Crippen molar-refractivity contribution in [3.05, 3.63) is 12.3 Å². The number of nitrogens with one attached hydrogen (secondary N) is 1. The molecular weight excluding hydrogens is 306 g/mol. The number of amides is 1. The SMILES string of the molecule is CC1CCN(C(=O)CC#N)CC1N(C)c1nc(N)nc2[nH]ccc12. The number of piperidine rings is 1. The van der Waals surface area contributed by atoms with E-state index in [-0.39, 0.29) is 24.3 Å². The van der Waals surface area contributed by atoms with Gasteiger partial charge in [-0.3, -0.25) is 4.79 Å². The lowest BCUT2D eigenvalue weighted by molar-refractivity contribution is -0.131. The second-order valence-corrected chi connectivity index (χ2v) is 6.26. The molecule has 1 amide bonds. The van der Waals surface area contributed by atoms with Crippen LogP contribution in [0.3, 0.4) is 0 Å². The lowest BCUT2D eigenvalue weighted by Gasteiger charge is -2.42. The third kappa shape index (κ3) is 2.85. The number of likely N-dealkylation sites (tertiary alicyclic amines) is 1. The van der Waals surface area contributed by atoms with Gasteiger partial charge in [-0.05, 0) is 18.4 Å². The zero-order valence-corrected chi connectivity index (χ0v) is 13.9. The average molecular weight is 327 g/mol. The number of aromatic amines is 1. The summed E-state index contributed by atoms with van der Waals surface area (Å²) >= 11 is 0. The fourth-order valence-corrected chi connectivity index (χ4v) is 3.33. The number of hydrogen-bond acceptors (Lipinski definition) is 6. The van der Waals surface area contributed by atoms with E-state index in [4.69, 9.17) is 11.0 Å². The Morgan fingerprint density at radius 2 is 2.38 bits per heavy atom. The van der Waals surface area contributed by atoms with E-state index in [9.17, 15) is 4.79 Å². The molecular formula is C16H21N7O. The van der Waals surface area contributed by atoms with Crippen molar-refractivity contribution in [2.45, 2.75) is 25.8 Å². The number of nitrogen functional groups attached to an aromatic ring is 1. The van der Waals surface area contributed by atoms with E-state index in [1.165, 1.54) is 0 Å². The van der Waals surface area contributed by atoms with Gasteiger partial charge in [-0.1, -0.05) is 6.92 Å². The summed E-state index contributed by atoms with van der Waals surface area (Å²) in [4.78, 5) is 27.6. The molecule has 1 saturated heterocycles.